The molecule has 3 heterocycles. The number of β-lactam (4-membered cyclic amide) rings is 1. The molecule has 0 aromatic heterocycles. The third-order valence-corrected chi connectivity index (χ3v) is 13.0. The van der Waals surface area contributed by atoms with Crippen molar-refractivity contribution < 1.29 is 33.4 Å². The number of hydrogen-bond donors (Lipinski definition) is 0. The van der Waals surface area contributed by atoms with Crippen molar-refractivity contribution in [2.45, 2.75) is 53.9 Å². The molecule has 6 aromatic rings. The Morgan fingerprint density at radius 2 is 0.871 bits per heavy atom. The van der Waals surface area contributed by atoms with Gasteiger partial charge in [0, 0.05) is 4.75 Å². The Balaban J connectivity index is 1.10. The van der Waals surface area contributed by atoms with Gasteiger partial charge in [0.05, 0.1) is 0 Å². The Kier molecular flexibility index (Phi) is 10.9. The van der Waals surface area contributed by atoms with E-state index in [2.05, 4.69) is 10.2 Å². The number of nitrogens with zero attached hydrogens (tertiary/aromatic N) is 3. The molecule has 0 aliphatic carbocycles. The summed E-state index contributed by atoms with van der Waals surface area (Å²) in [7, 11) is 0. The summed E-state index contributed by atoms with van der Waals surface area (Å²) in [5.74, 6) is -3.25. The molecule has 1 unspecified atom stereocenters. The Morgan fingerprint density at radius 3 is 1.24 bits per heavy atom. The molecule has 0 radical (unpaired) electrons. The highest BCUT2D eigenvalue weighted by molar-refractivity contribution is 8.01. The first-order chi connectivity index (χ1) is 30.2. The lowest BCUT2D eigenvalue weighted by Crippen LogP contribution is -2.73. The van der Waals surface area contributed by atoms with Gasteiger partial charge < -0.3 is 19.1 Å². The second-order valence-electron chi connectivity index (χ2n) is 15.7. The zero-order valence-corrected chi connectivity index (χ0v) is 34.6. The summed E-state index contributed by atoms with van der Waals surface area (Å²) in [6, 6.07) is 54.5. The van der Waals surface area contributed by atoms with Gasteiger partial charge in [-0.2, -0.15) is 5.11 Å². The molecule has 2 fully saturated rings. The standard InChI is InChI=1S/C51H41N3O7S/c1-50(2)44(47(57)61-43(37-29-17-7-18-30-37)38-31-19-8-20-32-38)54-48(58)51(49(54)62-50)39(45(55)59-41(33-21-9-3-10-22-33)34-23-11-4-12-24-34)40(52-53-51)46(56)60-42(35-25-13-5-14-26-35)36-27-15-6-16-28-36/h3-32,41-44,49H,1-2H3/t44-,49+,51?/m0/s1. The molecule has 0 saturated carbocycles. The molecule has 3 aliphatic heterocycles. The minimum Gasteiger partial charge on any atom is -0.451 e. The van der Waals surface area contributed by atoms with Crippen LogP contribution in [0.2, 0.25) is 0 Å². The van der Waals surface area contributed by atoms with Crippen LogP contribution < -0.4 is 0 Å². The van der Waals surface area contributed by atoms with E-state index in [1.807, 2.05) is 196 Å². The van der Waals surface area contributed by atoms with Gasteiger partial charge in [0.1, 0.15) is 17.0 Å². The quantitative estimate of drug-likeness (QED) is 0.0679. The molecule has 308 valence electrons. The molecule has 2 saturated heterocycles. The fourth-order valence-corrected chi connectivity index (χ4v) is 10.1. The van der Waals surface area contributed by atoms with Crippen molar-refractivity contribution in [1.82, 2.24) is 4.90 Å². The average molecular weight is 840 g/mol. The zero-order chi connectivity index (χ0) is 42.8. The summed E-state index contributed by atoms with van der Waals surface area (Å²) in [5, 5.41) is 7.89. The van der Waals surface area contributed by atoms with Crippen molar-refractivity contribution in [3.8, 4) is 0 Å². The second kappa shape index (κ2) is 16.7. The van der Waals surface area contributed by atoms with Crippen molar-refractivity contribution in [2.24, 2.45) is 10.2 Å². The van der Waals surface area contributed by atoms with Gasteiger partial charge in [-0.15, -0.1) is 16.9 Å². The smallest absolute Gasteiger partial charge is 0.360 e. The van der Waals surface area contributed by atoms with Crippen molar-refractivity contribution in [2.75, 3.05) is 0 Å². The summed E-state index contributed by atoms with van der Waals surface area (Å²) in [6.45, 7) is 3.69. The van der Waals surface area contributed by atoms with Crippen molar-refractivity contribution in [3.05, 3.63) is 227 Å². The first-order valence-corrected chi connectivity index (χ1v) is 21.2. The first-order valence-electron chi connectivity index (χ1n) is 20.3. The summed E-state index contributed by atoms with van der Waals surface area (Å²) in [5.41, 5.74) is 1.40. The van der Waals surface area contributed by atoms with Gasteiger partial charge in [0.2, 0.25) is 5.54 Å². The molecule has 1 amide bonds. The normalized spacial score (nSPS) is 19.8. The molecule has 10 nitrogen and oxygen atoms in total. The highest BCUT2D eigenvalue weighted by atomic mass is 32.2. The van der Waals surface area contributed by atoms with Gasteiger partial charge in [-0.3, -0.25) is 4.79 Å². The van der Waals surface area contributed by atoms with Crippen LogP contribution in [0.5, 0.6) is 0 Å². The Labute approximate surface area is 363 Å². The van der Waals surface area contributed by atoms with E-state index in [0.717, 1.165) is 11.1 Å². The fourth-order valence-electron chi connectivity index (χ4n) is 8.41. The van der Waals surface area contributed by atoms with Crippen LogP contribution in [-0.2, 0) is 33.4 Å². The lowest BCUT2D eigenvalue weighted by atomic mass is 9.78. The lowest BCUT2D eigenvalue weighted by Gasteiger charge is -2.49. The van der Waals surface area contributed by atoms with E-state index in [0.29, 0.717) is 22.3 Å². The third-order valence-electron chi connectivity index (χ3n) is 11.4. The predicted octanol–water partition coefficient (Wildman–Crippen LogP) is 9.51. The molecule has 0 bridgehead atoms. The van der Waals surface area contributed by atoms with Crippen LogP contribution >= 0.6 is 11.8 Å². The largest absolute Gasteiger partial charge is 0.451 e. The maximum Gasteiger partial charge on any atom is 0.360 e. The summed E-state index contributed by atoms with van der Waals surface area (Å²) < 4.78 is 18.0. The molecule has 11 heteroatoms. The van der Waals surface area contributed by atoms with Crippen LogP contribution in [0.15, 0.2) is 203 Å². The lowest BCUT2D eigenvalue weighted by molar-refractivity contribution is -0.169. The highest BCUT2D eigenvalue weighted by Gasteiger charge is 2.77. The third kappa shape index (κ3) is 7.28. The molecule has 6 aromatic carbocycles. The predicted molar refractivity (Wildman–Crippen MR) is 233 cm³/mol. The molecule has 0 N–H and O–H groups in total. The highest BCUT2D eigenvalue weighted by Crippen LogP contribution is 2.61. The van der Waals surface area contributed by atoms with Gasteiger partial charge in [-0.1, -0.05) is 182 Å². The Hall–Kier alpha value is -7.11. The van der Waals surface area contributed by atoms with Crippen LogP contribution in [0.25, 0.3) is 0 Å². The van der Waals surface area contributed by atoms with Crippen molar-refractivity contribution >= 4 is 35.6 Å². The van der Waals surface area contributed by atoms with Crippen LogP contribution in [0.4, 0.5) is 0 Å². The van der Waals surface area contributed by atoms with Crippen LogP contribution in [0.1, 0.15) is 65.5 Å². The number of hydrogen-bond acceptors (Lipinski definition) is 10. The topological polar surface area (TPSA) is 124 Å². The number of carbonyl (C=O) groups is 4. The van der Waals surface area contributed by atoms with Crippen molar-refractivity contribution in [1.29, 1.82) is 0 Å². The van der Waals surface area contributed by atoms with Crippen LogP contribution in [0.3, 0.4) is 0 Å². The molecule has 3 atom stereocenters. The summed E-state index contributed by atoms with van der Waals surface area (Å²) >= 11 is 1.28. The number of esters is 3. The number of fused-ring (bicyclic) bond motifs is 2. The average Bonchev–Trinajstić information content (AvgIpc) is 3.86. The minimum atomic E-state index is -2.01. The number of thioether (sulfide) groups is 1. The number of benzene rings is 6. The number of azo groups is 1. The van der Waals surface area contributed by atoms with Gasteiger partial charge >= 0.3 is 17.9 Å². The van der Waals surface area contributed by atoms with E-state index in [9.17, 15) is 9.59 Å². The van der Waals surface area contributed by atoms with Crippen LogP contribution in [-0.4, -0.2) is 50.4 Å². The van der Waals surface area contributed by atoms with E-state index in [1.165, 1.54) is 16.7 Å². The number of rotatable bonds is 12. The maximum absolute atomic E-state index is 15.0. The van der Waals surface area contributed by atoms with E-state index in [-0.39, 0.29) is 5.57 Å². The first kappa shape index (κ1) is 40.3. The molecular formula is C51H41N3O7S. The number of carbonyl (C=O) groups excluding carboxylic acids is 4. The van der Waals surface area contributed by atoms with Gasteiger partial charge in [-0.05, 0) is 47.2 Å². The molecule has 3 aliphatic rings. The van der Waals surface area contributed by atoms with Gasteiger partial charge in [0.25, 0.3) is 5.91 Å². The molecule has 1 spiro atoms. The Bertz CT molecular complexity index is 2550. The van der Waals surface area contributed by atoms with Gasteiger partial charge in [-0.25, -0.2) is 14.4 Å². The molecular weight excluding hydrogens is 799 g/mol. The minimum absolute atomic E-state index is 0.353. The molecule has 9 rings (SSSR count). The van der Waals surface area contributed by atoms with Crippen molar-refractivity contribution in [3.63, 3.8) is 0 Å². The SMILES string of the molecule is CC1(C)S[C@H]2N(C(=O)C23N=NC(C(=O)OC(c2ccccc2)c2ccccc2)=C3C(=O)OC(c2ccccc2)c2ccccc2)[C@H]1C(=O)OC(c1ccccc1)c1ccccc1. The second-order valence-corrected chi connectivity index (χ2v) is 17.5. The zero-order valence-electron chi connectivity index (χ0n) is 33.8. The van der Waals surface area contributed by atoms with E-state index < -0.39 is 69.5 Å². The summed E-state index contributed by atoms with van der Waals surface area (Å²) in [4.78, 5) is 60.6. The maximum atomic E-state index is 15.0. The monoisotopic (exact) mass is 839 g/mol. The Morgan fingerprint density at radius 1 is 0.532 bits per heavy atom. The summed E-state index contributed by atoms with van der Waals surface area (Å²) in [6.07, 6.45) is -2.58. The number of ether oxygens (including phenoxy) is 3. The van der Waals surface area contributed by atoms with E-state index in [1.54, 1.807) is 0 Å². The number of amides is 1. The van der Waals surface area contributed by atoms with Gasteiger partial charge in [0.15, 0.2) is 24.0 Å². The fraction of sp³-hybridized carbons (Fsp3) is 0.176. The van der Waals surface area contributed by atoms with E-state index in [4.69, 9.17) is 14.2 Å². The van der Waals surface area contributed by atoms with E-state index >= 15 is 9.59 Å². The van der Waals surface area contributed by atoms with Crippen LogP contribution in [0, 0.1) is 0 Å². The molecule has 62 heavy (non-hydrogen) atoms.